The highest BCUT2D eigenvalue weighted by Gasteiger charge is 2.19. The molecule has 19 heavy (non-hydrogen) atoms. The first-order valence-corrected chi connectivity index (χ1v) is 8.92. The molecule has 0 saturated carbocycles. The summed E-state index contributed by atoms with van der Waals surface area (Å²) in [4.78, 5) is 11.6. The lowest BCUT2D eigenvalue weighted by Gasteiger charge is -2.03. The van der Waals surface area contributed by atoms with E-state index in [0.29, 0.717) is 0 Å². The number of nitrogens with one attached hydrogen (secondary N) is 1. The Balaban J connectivity index is 2.14. The first-order valence-electron chi connectivity index (χ1n) is 4.95. The molecule has 2 heterocycles. The summed E-state index contributed by atoms with van der Waals surface area (Å²) in [7, 11) is -3.67. The maximum Gasteiger partial charge on any atom is 0.345 e. The number of thiophene rings is 2. The van der Waals surface area contributed by atoms with Gasteiger partial charge in [0, 0.05) is 15.9 Å². The lowest BCUT2D eigenvalue weighted by atomic mass is 10.5. The molecule has 2 N–H and O–H groups in total. The molecule has 5 nitrogen and oxygen atoms in total. The number of hydrogen-bond donors (Lipinski definition) is 2. The van der Waals surface area contributed by atoms with Gasteiger partial charge in [0.1, 0.15) is 9.09 Å². The highest BCUT2D eigenvalue weighted by molar-refractivity contribution is 9.10. The molecule has 0 aliphatic heterocycles. The molecule has 2 aromatic rings. The van der Waals surface area contributed by atoms with Gasteiger partial charge in [0.05, 0.1) is 0 Å². The van der Waals surface area contributed by atoms with Gasteiger partial charge in [0.15, 0.2) is 0 Å². The Morgan fingerprint density at radius 1 is 1.37 bits per heavy atom. The van der Waals surface area contributed by atoms with E-state index in [1.807, 2.05) is 11.4 Å². The van der Waals surface area contributed by atoms with Gasteiger partial charge in [0.2, 0.25) is 10.0 Å². The van der Waals surface area contributed by atoms with Crippen LogP contribution in [0.4, 0.5) is 0 Å². The molecule has 2 aromatic heterocycles. The molecule has 0 atom stereocenters. The van der Waals surface area contributed by atoms with Crippen molar-refractivity contribution in [2.45, 2.75) is 10.8 Å². The van der Waals surface area contributed by atoms with Crippen molar-refractivity contribution in [3.8, 4) is 0 Å². The zero-order valence-corrected chi connectivity index (χ0v) is 13.3. The largest absolute Gasteiger partial charge is 0.477 e. The van der Waals surface area contributed by atoms with E-state index in [4.69, 9.17) is 5.11 Å². The van der Waals surface area contributed by atoms with Crippen LogP contribution in [0.1, 0.15) is 14.5 Å². The van der Waals surface area contributed by atoms with Gasteiger partial charge in [-0.25, -0.2) is 17.9 Å². The number of carbonyl (C=O) groups is 1. The maximum atomic E-state index is 12.0. The van der Waals surface area contributed by atoms with E-state index >= 15 is 0 Å². The van der Waals surface area contributed by atoms with E-state index in [2.05, 4.69) is 20.7 Å². The highest BCUT2D eigenvalue weighted by atomic mass is 79.9. The summed E-state index contributed by atoms with van der Waals surface area (Å²) in [5, 5.41) is 10.6. The van der Waals surface area contributed by atoms with Gasteiger partial charge in [-0.1, -0.05) is 0 Å². The third-order valence-corrected chi connectivity index (χ3v) is 7.06. The number of hydrogen-bond acceptors (Lipinski definition) is 5. The van der Waals surface area contributed by atoms with E-state index in [9.17, 15) is 13.2 Å². The van der Waals surface area contributed by atoms with Crippen LogP contribution in [0.25, 0.3) is 0 Å². The second-order valence-electron chi connectivity index (χ2n) is 3.44. The molecule has 0 fully saturated rings. The topological polar surface area (TPSA) is 83.5 Å². The maximum absolute atomic E-state index is 12.0. The fraction of sp³-hybridized carbons (Fsp3) is 0.100. The average Bonchev–Trinajstić information content (AvgIpc) is 2.95. The van der Waals surface area contributed by atoms with E-state index in [0.717, 1.165) is 20.7 Å². The first-order chi connectivity index (χ1) is 8.90. The Morgan fingerprint density at radius 3 is 2.63 bits per heavy atom. The molecule has 0 bridgehead atoms. The minimum atomic E-state index is -3.67. The average molecular weight is 382 g/mol. The molecule has 0 saturated heterocycles. The fourth-order valence-corrected chi connectivity index (χ4v) is 4.97. The monoisotopic (exact) mass is 381 g/mol. The molecule has 9 heteroatoms. The van der Waals surface area contributed by atoms with Crippen molar-refractivity contribution < 1.29 is 18.3 Å². The van der Waals surface area contributed by atoms with E-state index in [-0.39, 0.29) is 15.6 Å². The Kier molecular flexibility index (Phi) is 4.41. The standard InChI is InChI=1S/C10H8BrNO4S3/c11-6-3-4-17-8(6)5-12-19(15,16)9-2-1-7(18-9)10(13)14/h1-4,12H,5H2,(H,13,14). The lowest BCUT2D eigenvalue weighted by Crippen LogP contribution is -2.22. The van der Waals surface area contributed by atoms with Gasteiger partial charge >= 0.3 is 5.97 Å². The molecule has 0 amide bonds. The van der Waals surface area contributed by atoms with Gasteiger partial charge in [-0.2, -0.15) is 0 Å². The summed E-state index contributed by atoms with van der Waals surface area (Å²) >= 11 is 5.48. The lowest BCUT2D eigenvalue weighted by molar-refractivity contribution is 0.0702. The van der Waals surface area contributed by atoms with Gasteiger partial charge in [-0.3, -0.25) is 0 Å². The van der Waals surface area contributed by atoms with Crippen LogP contribution in [0.15, 0.2) is 32.3 Å². The minimum absolute atomic E-state index is 0.00215. The van der Waals surface area contributed by atoms with Gasteiger partial charge in [-0.05, 0) is 39.5 Å². The smallest absolute Gasteiger partial charge is 0.345 e. The van der Waals surface area contributed by atoms with E-state index in [1.165, 1.54) is 23.5 Å². The Bertz CT molecular complexity index is 704. The molecule has 0 spiro atoms. The van der Waals surface area contributed by atoms with Crippen molar-refractivity contribution in [3.63, 3.8) is 0 Å². The second-order valence-corrected chi connectivity index (χ2v) is 8.37. The Labute approximate surface area is 126 Å². The van der Waals surface area contributed by atoms with Crippen molar-refractivity contribution in [2.24, 2.45) is 0 Å². The zero-order chi connectivity index (χ0) is 14.0. The zero-order valence-electron chi connectivity index (χ0n) is 9.29. The summed E-state index contributed by atoms with van der Waals surface area (Å²) in [5.74, 6) is -1.13. The Morgan fingerprint density at radius 2 is 2.11 bits per heavy atom. The third-order valence-electron chi connectivity index (χ3n) is 2.17. The molecule has 102 valence electrons. The summed E-state index contributed by atoms with van der Waals surface area (Å²) in [6.07, 6.45) is 0. The molecular weight excluding hydrogens is 374 g/mol. The van der Waals surface area contributed by atoms with Crippen LogP contribution in [0, 0.1) is 0 Å². The van der Waals surface area contributed by atoms with Crippen LogP contribution in [0.2, 0.25) is 0 Å². The number of aromatic carboxylic acids is 1. The molecule has 0 aromatic carbocycles. The molecule has 0 radical (unpaired) electrons. The quantitative estimate of drug-likeness (QED) is 0.833. The summed E-state index contributed by atoms with van der Waals surface area (Å²) < 4.78 is 27.2. The molecule has 2 rings (SSSR count). The van der Waals surface area contributed by atoms with Crippen LogP contribution >= 0.6 is 38.6 Å². The van der Waals surface area contributed by atoms with Crippen LogP contribution in [0.3, 0.4) is 0 Å². The Hall–Kier alpha value is -0.740. The fourth-order valence-electron chi connectivity index (χ4n) is 1.26. The summed E-state index contributed by atoms with van der Waals surface area (Å²) in [5.41, 5.74) is 0. The number of carboxylic acid groups (broad SMARTS) is 1. The second kappa shape index (κ2) is 5.71. The molecule has 0 unspecified atom stereocenters. The number of halogens is 1. The first kappa shape index (κ1) is 14.7. The van der Waals surface area contributed by atoms with Crippen LogP contribution in [-0.4, -0.2) is 19.5 Å². The molecule has 0 aliphatic rings. The summed E-state index contributed by atoms with van der Waals surface area (Å²) in [6, 6.07) is 4.41. The number of sulfonamides is 1. The van der Waals surface area contributed by atoms with Crippen molar-refractivity contribution in [1.82, 2.24) is 4.72 Å². The van der Waals surface area contributed by atoms with E-state index in [1.54, 1.807) is 0 Å². The van der Waals surface area contributed by atoms with Gasteiger partial charge < -0.3 is 5.11 Å². The SMILES string of the molecule is O=C(O)c1ccc(S(=O)(=O)NCc2sccc2Br)s1. The van der Waals surface area contributed by atoms with Crippen molar-refractivity contribution in [1.29, 1.82) is 0 Å². The summed E-state index contributed by atoms with van der Waals surface area (Å²) in [6.45, 7) is 0.168. The van der Waals surface area contributed by atoms with Gasteiger partial charge in [-0.15, -0.1) is 22.7 Å². The minimum Gasteiger partial charge on any atom is -0.477 e. The number of carboxylic acids is 1. The predicted molar refractivity (Wildman–Crippen MR) is 77.3 cm³/mol. The van der Waals surface area contributed by atoms with E-state index < -0.39 is 16.0 Å². The van der Waals surface area contributed by atoms with Crippen LogP contribution < -0.4 is 4.72 Å². The van der Waals surface area contributed by atoms with Crippen molar-refractivity contribution in [2.75, 3.05) is 0 Å². The molecule has 0 aliphatic carbocycles. The predicted octanol–water partition coefficient (Wildman–Crippen LogP) is 2.75. The normalized spacial score (nSPS) is 11.6. The highest BCUT2D eigenvalue weighted by Crippen LogP contribution is 2.24. The van der Waals surface area contributed by atoms with Crippen molar-refractivity contribution in [3.05, 3.63) is 37.8 Å². The third kappa shape index (κ3) is 3.42. The van der Waals surface area contributed by atoms with Crippen LogP contribution in [0.5, 0.6) is 0 Å². The van der Waals surface area contributed by atoms with Crippen LogP contribution in [-0.2, 0) is 16.6 Å². The van der Waals surface area contributed by atoms with Gasteiger partial charge in [0.25, 0.3) is 0 Å². The van der Waals surface area contributed by atoms with Crippen molar-refractivity contribution >= 4 is 54.6 Å². The number of rotatable bonds is 5. The molecular formula is C10H8BrNO4S3.